The minimum atomic E-state index is -0.729. The quantitative estimate of drug-likeness (QED) is 0.887. The number of fused-ring (bicyclic) bond motifs is 2. The fraction of sp³-hybridized carbons (Fsp3) is 0.647. The molecule has 3 nitrogen and oxygen atoms in total. The number of aliphatic hydroxyl groups is 2. The third-order valence-electron chi connectivity index (χ3n) is 5.63. The van der Waals surface area contributed by atoms with Crippen LogP contribution in [0, 0.1) is 11.3 Å². The summed E-state index contributed by atoms with van der Waals surface area (Å²) >= 11 is 0. The first-order chi connectivity index (χ1) is 9.57. The van der Waals surface area contributed by atoms with Gasteiger partial charge in [-0.15, -0.1) is 0 Å². The van der Waals surface area contributed by atoms with E-state index in [0.29, 0.717) is 0 Å². The van der Waals surface area contributed by atoms with Gasteiger partial charge in [-0.05, 0) is 25.3 Å². The van der Waals surface area contributed by atoms with Crippen LogP contribution in [0.15, 0.2) is 30.3 Å². The number of rotatable bonds is 3. The number of nitrogens with zero attached hydrogens (tertiary/aromatic N) is 1. The van der Waals surface area contributed by atoms with Gasteiger partial charge in [0.2, 0.25) is 0 Å². The zero-order chi connectivity index (χ0) is 14.2. The van der Waals surface area contributed by atoms with Crippen molar-refractivity contribution in [3.8, 4) is 0 Å². The van der Waals surface area contributed by atoms with Gasteiger partial charge in [-0.3, -0.25) is 4.90 Å². The van der Waals surface area contributed by atoms with E-state index in [2.05, 4.69) is 29.2 Å². The van der Waals surface area contributed by atoms with Crippen LogP contribution in [0.25, 0.3) is 0 Å². The summed E-state index contributed by atoms with van der Waals surface area (Å²) < 4.78 is 0. The van der Waals surface area contributed by atoms with E-state index in [1.54, 1.807) is 0 Å². The molecule has 0 unspecified atom stereocenters. The van der Waals surface area contributed by atoms with Gasteiger partial charge in [0.25, 0.3) is 0 Å². The summed E-state index contributed by atoms with van der Waals surface area (Å²) in [4.78, 5) is 2.41. The molecule has 2 aliphatic rings. The molecule has 2 fully saturated rings. The maximum Gasteiger partial charge on any atom is 0.0750 e. The van der Waals surface area contributed by atoms with Gasteiger partial charge in [-0.2, -0.15) is 0 Å². The summed E-state index contributed by atoms with van der Waals surface area (Å²) in [6.07, 6.45) is 3.12. The molecule has 3 heteroatoms. The maximum absolute atomic E-state index is 10.9. The maximum atomic E-state index is 10.9. The van der Waals surface area contributed by atoms with Crippen molar-refractivity contribution >= 4 is 0 Å². The molecule has 1 aliphatic carbocycles. The highest BCUT2D eigenvalue weighted by Gasteiger charge is 2.57. The molecule has 3 atom stereocenters. The van der Waals surface area contributed by atoms with Gasteiger partial charge >= 0.3 is 0 Å². The second-order valence-corrected chi connectivity index (χ2v) is 6.83. The molecule has 1 heterocycles. The van der Waals surface area contributed by atoms with Crippen LogP contribution >= 0.6 is 0 Å². The Kier molecular flexibility index (Phi) is 3.61. The lowest BCUT2D eigenvalue weighted by atomic mass is 9.57. The van der Waals surface area contributed by atoms with Gasteiger partial charge in [-0.1, -0.05) is 36.8 Å². The van der Waals surface area contributed by atoms with Crippen molar-refractivity contribution in [1.29, 1.82) is 0 Å². The second-order valence-electron chi connectivity index (χ2n) is 6.83. The highest BCUT2D eigenvalue weighted by atomic mass is 16.3. The first-order valence-corrected chi connectivity index (χ1v) is 7.67. The molecule has 20 heavy (non-hydrogen) atoms. The molecule has 0 spiro atoms. The predicted molar refractivity (Wildman–Crippen MR) is 79.2 cm³/mol. The third-order valence-corrected chi connectivity index (χ3v) is 5.63. The van der Waals surface area contributed by atoms with Crippen LogP contribution in [0.3, 0.4) is 0 Å². The monoisotopic (exact) mass is 275 g/mol. The largest absolute Gasteiger partial charge is 0.396 e. The smallest absolute Gasteiger partial charge is 0.0750 e. The lowest BCUT2D eigenvalue weighted by Gasteiger charge is -2.58. The lowest BCUT2D eigenvalue weighted by molar-refractivity contribution is -0.202. The van der Waals surface area contributed by atoms with E-state index in [4.69, 9.17) is 0 Å². The molecule has 0 aromatic heterocycles. The normalized spacial score (nSPS) is 37.9. The van der Waals surface area contributed by atoms with Crippen LogP contribution in [0.1, 0.15) is 31.7 Å². The van der Waals surface area contributed by atoms with Crippen molar-refractivity contribution in [2.24, 2.45) is 11.3 Å². The Morgan fingerprint density at radius 3 is 2.75 bits per heavy atom. The molecule has 1 saturated carbocycles. The van der Waals surface area contributed by atoms with Gasteiger partial charge < -0.3 is 10.2 Å². The molecule has 1 aliphatic heterocycles. The van der Waals surface area contributed by atoms with Crippen LogP contribution in [-0.2, 0) is 6.54 Å². The number of hydrogen-bond acceptors (Lipinski definition) is 3. The van der Waals surface area contributed by atoms with Crippen molar-refractivity contribution in [2.45, 2.75) is 38.3 Å². The molecule has 0 radical (unpaired) electrons. The predicted octanol–water partition coefficient (Wildman–Crippen LogP) is 2.03. The first-order valence-electron chi connectivity index (χ1n) is 7.67. The Morgan fingerprint density at radius 1 is 1.30 bits per heavy atom. The molecule has 2 N–H and O–H groups in total. The zero-order valence-corrected chi connectivity index (χ0v) is 12.3. The van der Waals surface area contributed by atoms with Crippen LogP contribution in [-0.4, -0.2) is 40.4 Å². The van der Waals surface area contributed by atoms with E-state index in [9.17, 15) is 10.2 Å². The molecule has 0 amide bonds. The summed E-state index contributed by atoms with van der Waals surface area (Å²) in [6.45, 7) is 4.66. The number of hydrogen-bond donors (Lipinski definition) is 2. The number of aliphatic hydroxyl groups excluding tert-OH is 1. The van der Waals surface area contributed by atoms with E-state index in [1.165, 1.54) is 5.56 Å². The number of benzene rings is 1. The molecule has 110 valence electrons. The summed E-state index contributed by atoms with van der Waals surface area (Å²) in [6, 6.07) is 10.5. The average molecular weight is 275 g/mol. The fourth-order valence-corrected chi connectivity index (χ4v) is 4.22. The molecule has 1 aromatic carbocycles. The molecule has 3 rings (SSSR count). The zero-order valence-electron chi connectivity index (χ0n) is 12.3. The Morgan fingerprint density at radius 2 is 2.05 bits per heavy atom. The Hall–Kier alpha value is -0.900. The summed E-state index contributed by atoms with van der Waals surface area (Å²) in [5, 5.41) is 20.8. The average Bonchev–Trinajstić information content (AvgIpc) is 2.41. The van der Waals surface area contributed by atoms with Crippen LogP contribution in [0.5, 0.6) is 0 Å². The molecular weight excluding hydrogens is 250 g/mol. The van der Waals surface area contributed by atoms with Gasteiger partial charge in [-0.25, -0.2) is 0 Å². The lowest BCUT2D eigenvalue weighted by Crippen LogP contribution is -2.66. The van der Waals surface area contributed by atoms with Crippen molar-refractivity contribution in [3.63, 3.8) is 0 Å². The van der Waals surface area contributed by atoms with Crippen molar-refractivity contribution in [2.75, 3.05) is 19.7 Å². The van der Waals surface area contributed by atoms with Gasteiger partial charge in [0, 0.05) is 31.0 Å². The molecule has 2 bridgehead atoms. The van der Waals surface area contributed by atoms with E-state index in [1.807, 2.05) is 13.0 Å². The van der Waals surface area contributed by atoms with Crippen LogP contribution < -0.4 is 0 Å². The van der Waals surface area contributed by atoms with Gasteiger partial charge in [0.15, 0.2) is 0 Å². The summed E-state index contributed by atoms with van der Waals surface area (Å²) in [5.74, 6) is 0.279. The molecular formula is C17H25NO2. The van der Waals surface area contributed by atoms with Gasteiger partial charge in [0.1, 0.15) is 0 Å². The minimum Gasteiger partial charge on any atom is -0.396 e. The van der Waals surface area contributed by atoms with Crippen molar-refractivity contribution in [3.05, 3.63) is 35.9 Å². The third kappa shape index (κ3) is 2.18. The van der Waals surface area contributed by atoms with E-state index >= 15 is 0 Å². The number of piperidine rings is 1. The minimum absolute atomic E-state index is 0.0851. The van der Waals surface area contributed by atoms with Crippen molar-refractivity contribution in [1.82, 2.24) is 4.90 Å². The summed E-state index contributed by atoms with van der Waals surface area (Å²) in [5.41, 5.74) is 0.232. The van der Waals surface area contributed by atoms with Gasteiger partial charge in [0.05, 0.1) is 12.2 Å². The number of likely N-dealkylation sites (tertiary alicyclic amines) is 1. The standard InChI is InChI=1S/C17H25NO2/c1-16(20)15-8-5-9-17(16,13-19)12-18(11-15)10-14-6-3-2-4-7-14/h2-4,6-7,15,19-20H,5,8-13H2,1H3/t15-,16+,17+/m1/s1. The van der Waals surface area contributed by atoms with Crippen LogP contribution in [0.4, 0.5) is 0 Å². The van der Waals surface area contributed by atoms with Crippen LogP contribution in [0.2, 0.25) is 0 Å². The Balaban J connectivity index is 1.80. The highest BCUT2D eigenvalue weighted by Crippen LogP contribution is 2.51. The Labute approximate surface area is 121 Å². The second kappa shape index (κ2) is 5.14. The van der Waals surface area contributed by atoms with E-state index < -0.39 is 5.60 Å². The first kappa shape index (κ1) is 14.1. The molecule has 1 aromatic rings. The Bertz CT molecular complexity index is 459. The highest BCUT2D eigenvalue weighted by molar-refractivity contribution is 5.16. The SMILES string of the molecule is C[C@]1(O)[C@@H]2CCC[C@@]1(CO)CN(Cc1ccccc1)C2. The molecule has 1 saturated heterocycles. The topological polar surface area (TPSA) is 43.7 Å². The van der Waals surface area contributed by atoms with Crippen molar-refractivity contribution < 1.29 is 10.2 Å². The fourth-order valence-electron chi connectivity index (χ4n) is 4.22. The summed E-state index contributed by atoms with van der Waals surface area (Å²) in [7, 11) is 0. The van der Waals surface area contributed by atoms with E-state index in [-0.39, 0.29) is 17.9 Å². The van der Waals surface area contributed by atoms with E-state index in [0.717, 1.165) is 38.9 Å².